The summed E-state index contributed by atoms with van der Waals surface area (Å²) in [5.74, 6) is 0.804. The number of hydrogen-bond acceptors (Lipinski definition) is 2. The van der Waals surface area contributed by atoms with Crippen molar-refractivity contribution in [2.75, 3.05) is 12.4 Å². The number of benzene rings is 2. The third-order valence-corrected chi connectivity index (χ3v) is 5.00. The molecule has 0 saturated heterocycles. The van der Waals surface area contributed by atoms with Gasteiger partial charge in [0.05, 0.1) is 16.1 Å². The van der Waals surface area contributed by atoms with Gasteiger partial charge in [0.25, 0.3) is 0 Å². The number of methoxy groups -OCH3 is 1. The molecule has 2 aromatic carbocycles. The van der Waals surface area contributed by atoms with Crippen molar-refractivity contribution in [3.63, 3.8) is 0 Å². The zero-order valence-corrected chi connectivity index (χ0v) is 16.9. The van der Waals surface area contributed by atoms with E-state index in [0.29, 0.717) is 0 Å². The van der Waals surface area contributed by atoms with Crippen LogP contribution in [0.5, 0.6) is 5.75 Å². The Morgan fingerprint density at radius 1 is 0.950 bits per heavy atom. The summed E-state index contributed by atoms with van der Waals surface area (Å²) in [6, 6.07) is 10.1. The molecule has 0 spiro atoms. The van der Waals surface area contributed by atoms with Crippen molar-refractivity contribution < 1.29 is 4.74 Å². The highest BCUT2D eigenvalue weighted by Crippen LogP contribution is 2.35. The van der Waals surface area contributed by atoms with E-state index in [2.05, 4.69) is 69.0 Å². The number of rotatable bonds is 4. The maximum absolute atomic E-state index is 5.30. The monoisotopic (exact) mass is 525 g/mol. The number of anilines is 1. The molecule has 0 atom stereocenters. The van der Waals surface area contributed by atoms with E-state index >= 15 is 0 Å². The summed E-state index contributed by atoms with van der Waals surface area (Å²) in [6.45, 7) is 0.724. The van der Waals surface area contributed by atoms with Gasteiger partial charge in [0.15, 0.2) is 0 Å². The van der Waals surface area contributed by atoms with Gasteiger partial charge in [0.1, 0.15) is 5.75 Å². The molecule has 1 N–H and O–H groups in total. The Kier molecular flexibility index (Phi) is 5.95. The van der Waals surface area contributed by atoms with Crippen molar-refractivity contribution in [2.24, 2.45) is 0 Å². The summed E-state index contributed by atoms with van der Waals surface area (Å²) in [4.78, 5) is 0. The molecule has 2 aromatic rings. The summed E-state index contributed by atoms with van der Waals surface area (Å²) >= 11 is 14.0. The second-order valence-electron chi connectivity index (χ2n) is 4.07. The van der Waals surface area contributed by atoms with Crippen LogP contribution in [0.25, 0.3) is 0 Å². The van der Waals surface area contributed by atoms with Gasteiger partial charge in [-0.05, 0) is 83.7 Å². The molecule has 0 unspecified atom stereocenters. The predicted octanol–water partition coefficient (Wildman–Crippen LogP) is 6.36. The smallest absolute Gasteiger partial charge is 0.147 e. The first-order valence-corrected chi connectivity index (χ1v) is 8.89. The fourth-order valence-electron chi connectivity index (χ4n) is 1.74. The van der Waals surface area contributed by atoms with Crippen LogP contribution in [0, 0.1) is 0 Å². The number of ether oxygens (including phenoxy) is 1. The third kappa shape index (κ3) is 4.00. The first-order valence-electron chi connectivity index (χ1n) is 5.72. The van der Waals surface area contributed by atoms with Crippen LogP contribution in [-0.4, -0.2) is 7.11 Å². The zero-order valence-electron chi connectivity index (χ0n) is 10.5. The topological polar surface area (TPSA) is 21.3 Å². The van der Waals surface area contributed by atoms with Crippen LogP contribution in [-0.2, 0) is 6.54 Å². The Morgan fingerprint density at radius 3 is 2.15 bits per heavy atom. The number of halogens is 4. The Morgan fingerprint density at radius 2 is 1.60 bits per heavy atom. The fraction of sp³-hybridized carbons (Fsp3) is 0.143. The minimum absolute atomic E-state index is 0.724. The maximum atomic E-state index is 5.30. The molecule has 0 aliphatic carbocycles. The van der Waals surface area contributed by atoms with Gasteiger partial charge in [-0.15, -0.1) is 0 Å². The average Bonchev–Trinajstić information content (AvgIpc) is 2.37. The molecule has 0 heterocycles. The van der Waals surface area contributed by atoms with E-state index in [4.69, 9.17) is 4.74 Å². The van der Waals surface area contributed by atoms with Gasteiger partial charge in [0, 0.05) is 21.2 Å². The molecule has 0 aliphatic rings. The minimum Gasteiger partial charge on any atom is -0.494 e. The number of nitrogens with one attached hydrogen (secondary N) is 1. The van der Waals surface area contributed by atoms with Crippen LogP contribution in [0.15, 0.2) is 48.2 Å². The summed E-state index contributed by atoms with van der Waals surface area (Å²) in [5.41, 5.74) is 2.20. The van der Waals surface area contributed by atoms with Gasteiger partial charge in [-0.2, -0.15) is 0 Å². The molecule has 20 heavy (non-hydrogen) atoms. The van der Waals surface area contributed by atoms with E-state index in [1.807, 2.05) is 30.3 Å². The second-order valence-corrected chi connectivity index (χ2v) is 7.55. The average molecular weight is 529 g/mol. The molecule has 0 aliphatic heterocycles. The van der Waals surface area contributed by atoms with Gasteiger partial charge >= 0.3 is 0 Å². The lowest BCUT2D eigenvalue weighted by atomic mass is 10.2. The lowest BCUT2D eigenvalue weighted by Crippen LogP contribution is -2.01. The van der Waals surface area contributed by atoms with E-state index in [1.54, 1.807) is 7.11 Å². The van der Waals surface area contributed by atoms with Crippen LogP contribution in [0.3, 0.4) is 0 Å². The standard InChI is InChI=1S/C14H11Br4NO/c1-20-14-11(17)4-8(5-12(14)18)7-19-13-3-2-9(15)6-10(13)16/h2-6,19H,7H2,1H3. The molecular formula is C14H11Br4NO. The highest BCUT2D eigenvalue weighted by Gasteiger charge is 2.08. The predicted molar refractivity (Wildman–Crippen MR) is 97.6 cm³/mol. The lowest BCUT2D eigenvalue weighted by Gasteiger charge is -2.12. The molecule has 0 aromatic heterocycles. The van der Waals surface area contributed by atoms with Crippen LogP contribution in [0.2, 0.25) is 0 Å². The van der Waals surface area contributed by atoms with Crippen molar-refractivity contribution >= 4 is 69.4 Å². The Hall–Kier alpha value is -0.0400. The van der Waals surface area contributed by atoms with Crippen LogP contribution in [0.4, 0.5) is 5.69 Å². The van der Waals surface area contributed by atoms with Crippen molar-refractivity contribution in [1.82, 2.24) is 0 Å². The number of hydrogen-bond donors (Lipinski definition) is 1. The molecule has 0 fully saturated rings. The van der Waals surface area contributed by atoms with E-state index in [0.717, 1.165) is 41.4 Å². The summed E-state index contributed by atoms with van der Waals surface area (Å²) in [5, 5.41) is 3.40. The molecule has 0 amide bonds. The highest BCUT2D eigenvalue weighted by molar-refractivity contribution is 9.11. The van der Waals surface area contributed by atoms with Gasteiger partial charge in [0.2, 0.25) is 0 Å². The summed E-state index contributed by atoms with van der Waals surface area (Å²) in [7, 11) is 1.65. The van der Waals surface area contributed by atoms with E-state index in [-0.39, 0.29) is 0 Å². The maximum Gasteiger partial charge on any atom is 0.147 e. The van der Waals surface area contributed by atoms with E-state index < -0.39 is 0 Å². The molecular weight excluding hydrogens is 518 g/mol. The second kappa shape index (κ2) is 7.29. The Balaban J connectivity index is 2.15. The molecule has 6 heteroatoms. The van der Waals surface area contributed by atoms with Crippen LogP contribution in [0.1, 0.15) is 5.56 Å². The van der Waals surface area contributed by atoms with Gasteiger partial charge in [-0.1, -0.05) is 15.9 Å². The molecule has 0 bridgehead atoms. The van der Waals surface area contributed by atoms with E-state index in [9.17, 15) is 0 Å². The summed E-state index contributed by atoms with van der Waals surface area (Å²) < 4.78 is 9.23. The SMILES string of the molecule is COc1c(Br)cc(CNc2ccc(Br)cc2Br)cc1Br. The van der Waals surface area contributed by atoms with Gasteiger partial charge in [-0.25, -0.2) is 0 Å². The lowest BCUT2D eigenvalue weighted by molar-refractivity contribution is 0.409. The summed E-state index contributed by atoms with van der Waals surface area (Å²) in [6.07, 6.45) is 0. The molecule has 0 radical (unpaired) electrons. The largest absolute Gasteiger partial charge is 0.494 e. The molecule has 0 saturated carbocycles. The Bertz CT molecular complexity index is 608. The van der Waals surface area contributed by atoms with Crippen molar-refractivity contribution in [3.8, 4) is 5.75 Å². The van der Waals surface area contributed by atoms with Crippen LogP contribution < -0.4 is 10.1 Å². The van der Waals surface area contributed by atoms with Gasteiger partial charge in [-0.3, -0.25) is 0 Å². The van der Waals surface area contributed by atoms with Gasteiger partial charge < -0.3 is 10.1 Å². The molecule has 2 rings (SSSR count). The van der Waals surface area contributed by atoms with E-state index in [1.165, 1.54) is 0 Å². The zero-order chi connectivity index (χ0) is 14.7. The highest BCUT2D eigenvalue weighted by atomic mass is 79.9. The normalized spacial score (nSPS) is 10.4. The van der Waals surface area contributed by atoms with Crippen LogP contribution >= 0.6 is 63.7 Å². The van der Waals surface area contributed by atoms with Crippen molar-refractivity contribution in [1.29, 1.82) is 0 Å². The quantitative estimate of drug-likeness (QED) is 0.499. The minimum atomic E-state index is 0.724. The first-order chi connectivity index (χ1) is 9.51. The van der Waals surface area contributed by atoms with Crippen molar-refractivity contribution in [3.05, 3.63) is 53.8 Å². The third-order valence-electron chi connectivity index (χ3n) is 2.68. The fourth-order valence-corrected chi connectivity index (χ4v) is 4.53. The van der Waals surface area contributed by atoms with Crippen molar-refractivity contribution in [2.45, 2.75) is 6.54 Å². The molecule has 2 nitrogen and oxygen atoms in total. The first kappa shape index (κ1) is 16.3. The Labute approximate surface area is 151 Å². The molecule has 106 valence electrons.